The Labute approximate surface area is 104 Å². The standard InChI is InChI=1S/C10H14N6S/c1-7-4-8(11-2)14-9(13-7)5-17-10-15-12-6-16(10)3/h4,6H,5H2,1-3H3,(H,11,13,14). The van der Waals surface area contributed by atoms with E-state index in [1.54, 1.807) is 18.1 Å². The molecule has 1 N–H and O–H groups in total. The van der Waals surface area contributed by atoms with Crippen LogP contribution in [0.2, 0.25) is 0 Å². The fourth-order valence-corrected chi connectivity index (χ4v) is 2.10. The summed E-state index contributed by atoms with van der Waals surface area (Å²) in [6.45, 7) is 1.96. The first-order chi connectivity index (χ1) is 8.19. The van der Waals surface area contributed by atoms with Gasteiger partial charge in [-0.15, -0.1) is 10.2 Å². The molecule has 0 saturated carbocycles. The highest BCUT2D eigenvalue weighted by Crippen LogP contribution is 2.18. The van der Waals surface area contributed by atoms with Gasteiger partial charge in [0, 0.05) is 25.9 Å². The lowest BCUT2D eigenvalue weighted by Gasteiger charge is -2.04. The van der Waals surface area contributed by atoms with Crippen LogP contribution < -0.4 is 5.32 Å². The zero-order valence-corrected chi connectivity index (χ0v) is 10.8. The molecule has 0 fully saturated rings. The molecular weight excluding hydrogens is 236 g/mol. The van der Waals surface area contributed by atoms with E-state index in [9.17, 15) is 0 Å². The van der Waals surface area contributed by atoms with Crippen LogP contribution in [0.1, 0.15) is 11.5 Å². The quantitative estimate of drug-likeness (QED) is 0.824. The number of anilines is 1. The van der Waals surface area contributed by atoms with Crippen LogP contribution in [0.5, 0.6) is 0 Å². The van der Waals surface area contributed by atoms with E-state index >= 15 is 0 Å². The van der Waals surface area contributed by atoms with Crippen molar-refractivity contribution in [1.29, 1.82) is 0 Å². The molecule has 0 unspecified atom stereocenters. The highest BCUT2D eigenvalue weighted by molar-refractivity contribution is 7.98. The van der Waals surface area contributed by atoms with E-state index in [4.69, 9.17) is 0 Å². The van der Waals surface area contributed by atoms with Crippen molar-refractivity contribution in [3.05, 3.63) is 23.9 Å². The summed E-state index contributed by atoms with van der Waals surface area (Å²) < 4.78 is 1.87. The average molecular weight is 250 g/mol. The van der Waals surface area contributed by atoms with E-state index in [2.05, 4.69) is 25.5 Å². The maximum Gasteiger partial charge on any atom is 0.191 e. The number of hydrogen-bond donors (Lipinski definition) is 1. The summed E-state index contributed by atoms with van der Waals surface area (Å²) in [4.78, 5) is 8.76. The minimum atomic E-state index is 0.683. The van der Waals surface area contributed by atoms with Gasteiger partial charge in [-0.05, 0) is 6.92 Å². The molecule has 0 spiro atoms. The number of nitrogens with one attached hydrogen (secondary N) is 1. The van der Waals surface area contributed by atoms with Gasteiger partial charge in [0.15, 0.2) is 5.16 Å². The molecule has 0 aliphatic rings. The highest BCUT2D eigenvalue weighted by Gasteiger charge is 2.05. The van der Waals surface area contributed by atoms with Crippen molar-refractivity contribution in [2.75, 3.05) is 12.4 Å². The van der Waals surface area contributed by atoms with Gasteiger partial charge in [0.2, 0.25) is 0 Å². The maximum atomic E-state index is 4.38. The first-order valence-corrected chi connectivity index (χ1v) is 6.16. The Kier molecular flexibility index (Phi) is 3.58. The minimum Gasteiger partial charge on any atom is -0.373 e. The first-order valence-electron chi connectivity index (χ1n) is 5.18. The van der Waals surface area contributed by atoms with Crippen LogP contribution in [0.3, 0.4) is 0 Å². The summed E-state index contributed by atoms with van der Waals surface area (Å²) >= 11 is 1.57. The van der Waals surface area contributed by atoms with Gasteiger partial charge < -0.3 is 9.88 Å². The van der Waals surface area contributed by atoms with Crippen molar-refractivity contribution in [2.24, 2.45) is 7.05 Å². The van der Waals surface area contributed by atoms with Crippen LogP contribution >= 0.6 is 11.8 Å². The Morgan fingerprint density at radius 1 is 1.41 bits per heavy atom. The Hall–Kier alpha value is -1.63. The summed E-state index contributed by atoms with van der Waals surface area (Å²) in [5.41, 5.74) is 0.956. The smallest absolute Gasteiger partial charge is 0.191 e. The van der Waals surface area contributed by atoms with Gasteiger partial charge in [-0.2, -0.15) is 0 Å². The summed E-state index contributed by atoms with van der Waals surface area (Å²) in [7, 11) is 3.76. The molecule has 0 aliphatic carbocycles. The lowest BCUT2D eigenvalue weighted by Crippen LogP contribution is -2.01. The molecule has 2 aromatic rings. The van der Waals surface area contributed by atoms with Crippen LogP contribution in [0.15, 0.2) is 17.6 Å². The molecule has 0 bridgehead atoms. The van der Waals surface area contributed by atoms with E-state index in [0.717, 1.165) is 22.5 Å². The van der Waals surface area contributed by atoms with Gasteiger partial charge in [0.1, 0.15) is 18.0 Å². The Bertz CT molecular complexity index is 509. The van der Waals surface area contributed by atoms with E-state index in [-0.39, 0.29) is 0 Å². The molecule has 17 heavy (non-hydrogen) atoms. The van der Waals surface area contributed by atoms with Gasteiger partial charge in [-0.1, -0.05) is 11.8 Å². The molecule has 6 nitrogen and oxygen atoms in total. The lowest BCUT2D eigenvalue weighted by molar-refractivity contribution is 0.787. The van der Waals surface area contributed by atoms with E-state index < -0.39 is 0 Å². The topological polar surface area (TPSA) is 68.5 Å². The highest BCUT2D eigenvalue weighted by atomic mass is 32.2. The summed E-state index contributed by atoms with van der Waals surface area (Å²) in [6, 6.07) is 1.91. The van der Waals surface area contributed by atoms with Crippen LogP contribution in [-0.4, -0.2) is 31.8 Å². The van der Waals surface area contributed by atoms with Crippen molar-refractivity contribution >= 4 is 17.6 Å². The Morgan fingerprint density at radius 2 is 2.24 bits per heavy atom. The predicted octanol–water partition coefficient (Wildman–Crippen LogP) is 1.25. The molecule has 2 heterocycles. The fraction of sp³-hybridized carbons (Fsp3) is 0.400. The lowest BCUT2D eigenvalue weighted by atomic mass is 10.4. The molecular formula is C10H14N6S. The Balaban J connectivity index is 2.09. The second-order valence-corrected chi connectivity index (χ2v) is 4.52. The zero-order valence-electron chi connectivity index (χ0n) is 10.0. The molecule has 0 saturated heterocycles. The largest absolute Gasteiger partial charge is 0.373 e. The summed E-state index contributed by atoms with van der Waals surface area (Å²) in [5.74, 6) is 2.32. The molecule has 0 radical (unpaired) electrons. The number of nitrogens with zero attached hydrogens (tertiary/aromatic N) is 5. The van der Waals surface area contributed by atoms with Crippen LogP contribution in [0.25, 0.3) is 0 Å². The second-order valence-electron chi connectivity index (χ2n) is 3.57. The van der Waals surface area contributed by atoms with Gasteiger partial charge in [-0.3, -0.25) is 0 Å². The van der Waals surface area contributed by atoms with Crippen LogP contribution in [0, 0.1) is 6.92 Å². The monoisotopic (exact) mass is 250 g/mol. The number of aromatic nitrogens is 5. The van der Waals surface area contributed by atoms with Gasteiger partial charge in [-0.25, -0.2) is 9.97 Å². The maximum absolute atomic E-state index is 4.38. The fourth-order valence-electron chi connectivity index (χ4n) is 1.36. The van der Waals surface area contributed by atoms with Crippen molar-refractivity contribution in [1.82, 2.24) is 24.7 Å². The second kappa shape index (κ2) is 5.13. The zero-order chi connectivity index (χ0) is 12.3. The third-order valence-electron chi connectivity index (χ3n) is 2.16. The van der Waals surface area contributed by atoms with Gasteiger partial charge in [0.25, 0.3) is 0 Å². The molecule has 0 aromatic carbocycles. The third-order valence-corrected chi connectivity index (χ3v) is 3.19. The van der Waals surface area contributed by atoms with Crippen molar-refractivity contribution in [3.63, 3.8) is 0 Å². The van der Waals surface area contributed by atoms with Gasteiger partial charge in [0.05, 0.1) is 5.75 Å². The number of thioether (sulfide) groups is 1. The molecule has 90 valence electrons. The van der Waals surface area contributed by atoms with Crippen molar-refractivity contribution in [2.45, 2.75) is 17.8 Å². The molecule has 2 rings (SSSR count). The third kappa shape index (κ3) is 2.94. The molecule has 0 amide bonds. The van der Waals surface area contributed by atoms with Crippen LogP contribution in [-0.2, 0) is 12.8 Å². The van der Waals surface area contributed by atoms with E-state index in [0.29, 0.717) is 5.75 Å². The summed E-state index contributed by atoms with van der Waals surface area (Å²) in [6.07, 6.45) is 1.68. The molecule has 0 atom stereocenters. The van der Waals surface area contributed by atoms with E-state index in [1.807, 2.05) is 31.7 Å². The minimum absolute atomic E-state index is 0.683. The summed E-state index contributed by atoms with van der Waals surface area (Å²) in [5, 5.41) is 11.7. The normalized spacial score (nSPS) is 10.5. The van der Waals surface area contributed by atoms with Crippen LogP contribution in [0.4, 0.5) is 5.82 Å². The van der Waals surface area contributed by atoms with Gasteiger partial charge >= 0.3 is 0 Å². The predicted molar refractivity (Wildman–Crippen MR) is 66.9 cm³/mol. The number of hydrogen-bond acceptors (Lipinski definition) is 6. The SMILES string of the molecule is CNc1cc(C)nc(CSc2nncn2C)n1. The molecule has 2 aromatic heterocycles. The number of rotatable bonds is 4. The molecule has 0 aliphatic heterocycles. The number of aryl methyl sites for hydroxylation is 2. The average Bonchev–Trinajstić information content (AvgIpc) is 2.71. The Morgan fingerprint density at radius 3 is 2.88 bits per heavy atom. The first kappa shape index (κ1) is 11.8. The van der Waals surface area contributed by atoms with E-state index in [1.165, 1.54) is 0 Å². The van der Waals surface area contributed by atoms with Crippen molar-refractivity contribution < 1.29 is 0 Å². The van der Waals surface area contributed by atoms with Crippen molar-refractivity contribution in [3.8, 4) is 0 Å². The molecule has 7 heteroatoms.